The highest BCUT2D eigenvalue weighted by atomic mass is 16.5. The van der Waals surface area contributed by atoms with Crippen molar-refractivity contribution in [3.63, 3.8) is 0 Å². The summed E-state index contributed by atoms with van der Waals surface area (Å²) in [6, 6.07) is 1.31. The van der Waals surface area contributed by atoms with Gasteiger partial charge in [0.25, 0.3) is 0 Å². The molecule has 1 atom stereocenters. The second-order valence-corrected chi connectivity index (χ2v) is 5.94. The van der Waals surface area contributed by atoms with Crippen molar-refractivity contribution in [2.24, 2.45) is 5.92 Å². The largest absolute Gasteiger partial charge is 0.383 e. The molecule has 0 heterocycles. The van der Waals surface area contributed by atoms with E-state index in [1.165, 1.54) is 19.3 Å². The molecular formula is C16H36N2O. The van der Waals surface area contributed by atoms with Crippen LogP contribution in [0.5, 0.6) is 0 Å². The highest BCUT2D eigenvalue weighted by molar-refractivity contribution is 4.76. The van der Waals surface area contributed by atoms with Gasteiger partial charge in [-0.25, -0.2) is 0 Å². The molecule has 0 fully saturated rings. The molecule has 0 aromatic rings. The Labute approximate surface area is 121 Å². The van der Waals surface area contributed by atoms with E-state index in [1.807, 2.05) is 0 Å². The number of nitrogens with one attached hydrogen (secondary N) is 1. The summed E-state index contributed by atoms with van der Waals surface area (Å²) in [6.45, 7) is 15.6. The van der Waals surface area contributed by atoms with Gasteiger partial charge in [0.05, 0.1) is 6.61 Å². The van der Waals surface area contributed by atoms with Gasteiger partial charge in [-0.15, -0.1) is 0 Å². The first-order chi connectivity index (χ1) is 9.06. The normalized spacial score (nSPS) is 13.7. The van der Waals surface area contributed by atoms with Gasteiger partial charge in [0.2, 0.25) is 0 Å². The topological polar surface area (TPSA) is 24.5 Å². The Morgan fingerprint density at radius 2 is 1.74 bits per heavy atom. The smallest absolute Gasteiger partial charge is 0.0589 e. The molecule has 0 rings (SSSR count). The van der Waals surface area contributed by atoms with Gasteiger partial charge < -0.3 is 10.1 Å². The molecule has 0 saturated carbocycles. The first-order valence-corrected chi connectivity index (χ1v) is 8.02. The maximum Gasteiger partial charge on any atom is 0.0589 e. The van der Waals surface area contributed by atoms with Gasteiger partial charge >= 0.3 is 0 Å². The molecule has 0 saturated heterocycles. The minimum absolute atomic E-state index is 0.625. The van der Waals surface area contributed by atoms with Crippen molar-refractivity contribution in [3.05, 3.63) is 0 Å². The van der Waals surface area contributed by atoms with Crippen LogP contribution in [0, 0.1) is 5.92 Å². The average Bonchev–Trinajstić information content (AvgIpc) is 2.39. The summed E-state index contributed by atoms with van der Waals surface area (Å²) >= 11 is 0. The molecule has 0 bridgehead atoms. The van der Waals surface area contributed by atoms with Gasteiger partial charge in [-0.1, -0.05) is 27.7 Å². The van der Waals surface area contributed by atoms with Crippen LogP contribution >= 0.6 is 0 Å². The lowest BCUT2D eigenvalue weighted by Gasteiger charge is -2.35. The maximum absolute atomic E-state index is 5.26. The highest BCUT2D eigenvalue weighted by Crippen LogP contribution is 2.14. The number of hydrogen-bond acceptors (Lipinski definition) is 3. The van der Waals surface area contributed by atoms with E-state index >= 15 is 0 Å². The molecule has 19 heavy (non-hydrogen) atoms. The summed E-state index contributed by atoms with van der Waals surface area (Å²) in [7, 11) is 1.79. The summed E-state index contributed by atoms with van der Waals surface area (Å²) in [5, 5.41) is 3.54. The zero-order valence-electron chi connectivity index (χ0n) is 14.0. The Bertz CT molecular complexity index is 193. The standard InChI is InChI=1S/C16H36N2O/c1-7-16(8-2)18(11-12-19-6)15(5)9-10-17-13-14(3)4/h14-17H,7-13H2,1-6H3. The molecule has 1 unspecified atom stereocenters. The average molecular weight is 272 g/mol. The van der Waals surface area contributed by atoms with Crippen molar-refractivity contribution in [1.29, 1.82) is 0 Å². The molecule has 3 heteroatoms. The van der Waals surface area contributed by atoms with Crippen LogP contribution in [0.3, 0.4) is 0 Å². The number of methoxy groups -OCH3 is 1. The predicted molar refractivity (Wildman–Crippen MR) is 84.7 cm³/mol. The van der Waals surface area contributed by atoms with Crippen LogP contribution in [-0.2, 0) is 4.74 Å². The second-order valence-electron chi connectivity index (χ2n) is 5.94. The van der Waals surface area contributed by atoms with Crippen LogP contribution in [-0.4, -0.2) is 50.3 Å². The van der Waals surface area contributed by atoms with Crippen molar-refractivity contribution in [1.82, 2.24) is 10.2 Å². The van der Waals surface area contributed by atoms with Gasteiger partial charge in [-0.2, -0.15) is 0 Å². The maximum atomic E-state index is 5.26. The minimum atomic E-state index is 0.625. The molecule has 0 aromatic carbocycles. The Kier molecular flexibility index (Phi) is 11.6. The van der Waals surface area contributed by atoms with E-state index in [0.717, 1.165) is 32.2 Å². The first-order valence-electron chi connectivity index (χ1n) is 8.02. The van der Waals surface area contributed by atoms with Crippen molar-refractivity contribution in [2.75, 3.05) is 33.4 Å². The van der Waals surface area contributed by atoms with Crippen LogP contribution in [0.2, 0.25) is 0 Å². The molecule has 0 aliphatic rings. The molecule has 0 amide bonds. The lowest BCUT2D eigenvalue weighted by atomic mass is 10.1. The number of nitrogens with zero attached hydrogens (tertiary/aromatic N) is 1. The molecule has 116 valence electrons. The van der Waals surface area contributed by atoms with Crippen molar-refractivity contribution in [2.45, 2.75) is 66.0 Å². The van der Waals surface area contributed by atoms with Crippen LogP contribution in [0.25, 0.3) is 0 Å². The molecule has 0 aliphatic heterocycles. The van der Waals surface area contributed by atoms with Gasteiger partial charge in [0, 0.05) is 25.7 Å². The third-order valence-corrected chi connectivity index (χ3v) is 3.82. The predicted octanol–water partition coefficient (Wildman–Crippen LogP) is 3.15. The van der Waals surface area contributed by atoms with Gasteiger partial charge in [0.15, 0.2) is 0 Å². The van der Waals surface area contributed by atoms with E-state index in [1.54, 1.807) is 7.11 Å². The molecular weight excluding hydrogens is 236 g/mol. The Hall–Kier alpha value is -0.120. The zero-order valence-corrected chi connectivity index (χ0v) is 14.0. The third kappa shape index (κ3) is 8.61. The molecule has 0 aliphatic carbocycles. The van der Waals surface area contributed by atoms with Gasteiger partial charge in [0.1, 0.15) is 0 Å². The fourth-order valence-corrected chi connectivity index (χ4v) is 2.58. The summed E-state index contributed by atoms with van der Waals surface area (Å²) in [5.41, 5.74) is 0. The van der Waals surface area contributed by atoms with E-state index < -0.39 is 0 Å². The van der Waals surface area contributed by atoms with Crippen LogP contribution < -0.4 is 5.32 Å². The summed E-state index contributed by atoms with van der Waals surface area (Å²) in [5.74, 6) is 0.735. The first kappa shape index (κ1) is 18.9. The summed E-state index contributed by atoms with van der Waals surface area (Å²) in [4.78, 5) is 2.63. The number of rotatable bonds is 12. The molecule has 3 nitrogen and oxygen atoms in total. The molecule has 1 N–H and O–H groups in total. The Balaban J connectivity index is 4.16. The van der Waals surface area contributed by atoms with Gasteiger partial charge in [-0.05, 0) is 45.2 Å². The lowest BCUT2D eigenvalue weighted by molar-refractivity contribution is 0.0822. The summed E-state index contributed by atoms with van der Waals surface area (Å²) in [6.07, 6.45) is 3.67. The quantitative estimate of drug-likeness (QED) is 0.552. The number of ether oxygens (including phenoxy) is 1. The Morgan fingerprint density at radius 3 is 2.21 bits per heavy atom. The van der Waals surface area contributed by atoms with E-state index in [0.29, 0.717) is 12.1 Å². The van der Waals surface area contributed by atoms with Crippen LogP contribution in [0.15, 0.2) is 0 Å². The van der Waals surface area contributed by atoms with Crippen molar-refractivity contribution in [3.8, 4) is 0 Å². The minimum Gasteiger partial charge on any atom is -0.383 e. The van der Waals surface area contributed by atoms with Crippen LogP contribution in [0.4, 0.5) is 0 Å². The van der Waals surface area contributed by atoms with E-state index in [2.05, 4.69) is 44.8 Å². The molecule has 0 radical (unpaired) electrons. The van der Waals surface area contributed by atoms with E-state index in [9.17, 15) is 0 Å². The lowest BCUT2D eigenvalue weighted by Crippen LogP contribution is -2.44. The van der Waals surface area contributed by atoms with E-state index in [-0.39, 0.29) is 0 Å². The fraction of sp³-hybridized carbons (Fsp3) is 1.00. The van der Waals surface area contributed by atoms with Crippen molar-refractivity contribution < 1.29 is 4.74 Å². The molecule has 0 aromatic heterocycles. The van der Waals surface area contributed by atoms with E-state index in [4.69, 9.17) is 4.74 Å². The molecule has 0 spiro atoms. The fourth-order valence-electron chi connectivity index (χ4n) is 2.58. The Morgan fingerprint density at radius 1 is 1.11 bits per heavy atom. The van der Waals surface area contributed by atoms with Gasteiger partial charge in [-0.3, -0.25) is 4.90 Å². The third-order valence-electron chi connectivity index (χ3n) is 3.82. The number of hydrogen-bond donors (Lipinski definition) is 1. The SMILES string of the molecule is CCC(CC)N(CCOC)C(C)CCNCC(C)C. The zero-order chi connectivity index (χ0) is 14.7. The highest BCUT2D eigenvalue weighted by Gasteiger charge is 2.20. The second kappa shape index (κ2) is 11.7. The van der Waals surface area contributed by atoms with Crippen molar-refractivity contribution >= 4 is 0 Å². The summed E-state index contributed by atoms with van der Waals surface area (Å²) < 4.78 is 5.26. The monoisotopic (exact) mass is 272 g/mol. The van der Waals surface area contributed by atoms with Crippen LogP contribution in [0.1, 0.15) is 53.9 Å².